The molecular formula is C21H22N4O2S2. The summed E-state index contributed by atoms with van der Waals surface area (Å²) in [6.45, 7) is 4.11. The van der Waals surface area contributed by atoms with Crippen LogP contribution in [-0.2, 0) is 0 Å². The average Bonchev–Trinajstić information content (AvgIpc) is 3.39. The summed E-state index contributed by atoms with van der Waals surface area (Å²) in [5, 5.41) is 0.779. The van der Waals surface area contributed by atoms with E-state index in [1.165, 1.54) is 23.1 Å². The van der Waals surface area contributed by atoms with E-state index < -0.39 is 0 Å². The highest BCUT2D eigenvalue weighted by Gasteiger charge is 2.28. The number of amides is 2. The molecule has 2 amide bonds. The first-order valence-electron chi connectivity index (χ1n) is 9.40. The van der Waals surface area contributed by atoms with Gasteiger partial charge < -0.3 is 9.80 Å². The van der Waals surface area contributed by atoms with Crippen LogP contribution < -0.4 is 0 Å². The maximum Gasteiger partial charge on any atom is 0.272 e. The monoisotopic (exact) mass is 426 g/mol. The summed E-state index contributed by atoms with van der Waals surface area (Å²) in [5.74, 6) is -0.00471. The summed E-state index contributed by atoms with van der Waals surface area (Å²) < 4.78 is 1.90. The summed E-state index contributed by atoms with van der Waals surface area (Å²) in [7, 11) is 0. The third-order valence-electron chi connectivity index (χ3n) is 4.95. The van der Waals surface area contributed by atoms with Crippen molar-refractivity contribution in [2.24, 2.45) is 0 Å². The van der Waals surface area contributed by atoms with E-state index in [0.29, 0.717) is 31.9 Å². The summed E-state index contributed by atoms with van der Waals surface area (Å²) in [6.07, 6.45) is 3.60. The van der Waals surface area contributed by atoms with Gasteiger partial charge in [-0.1, -0.05) is 30.0 Å². The van der Waals surface area contributed by atoms with Crippen LogP contribution in [-0.4, -0.2) is 63.6 Å². The molecule has 6 nitrogen and oxygen atoms in total. The predicted molar refractivity (Wildman–Crippen MR) is 116 cm³/mol. The average molecular weight is 427 g/mol. The highest BCUT2D eigenvalue weighted by molar-refractivity contribution is 7.98. The fourth-order valence-corrected chi connectivity index (χ4v) is 4.82. The van der Waals surface area contributed by atoms with Gasteiger partial charge in [0.05, 0.1) is 11.1 Å². The molecule has 0 atom stereocenters. The standard InChI is InChI=1S/C21H22N4O2S2/c1-15-8-9-18(29-15)20(27)24-12-10-23(11-13-24)19(26)17-14-22-21(28-2)25(17)16-6-4-3-5-7-16/h3-9,14H,10-13H2,1-2H3. The molecule has 0 unspecified atom stereocenters. The van der Waals surface area contributed by atoms with Crippen LogP contribution >= 0.6 is 23.1 Å². The highest BCUT2D eigenvalue weighted by atomic mass is 32.2. The van der Waals surface area contributed by atoms with E-state index in [1.807, 2.05) is 70.0 Å². The number of hydrogen-bond donors (Lipinski definition) is 0. The molecule has 1 fully saturated rings. The second kappa shape index (κ2) is 8.42. The minimum Gasteiger partial charge on any atom is -0.334 e. The van der Waals surface area contributed by atoms with Crippen LogP contribution in [0.25, 0.3) is 5.69 Å². The molecule has 4 rings (SSSR count). The minimum atomic E-state index is -0.0549. The fourth-order valence-electron chi connectivity index (χ4n) is 3.44. The van der Waals surface area contributed by atoms with Crippen LogP contribution in [0.1, 0.15) is 25.0 Å². The first-order chi connectivity index (χ1) is 14.1. The Balaban J connectivity index is 1.49. The molecule has 3 aromatic rings. The molecule has 1 aliphatic heterocycles. The Labute approximate surface area is 178 Å². The Morgan fingerprint density at radius 2 is 1.62 bits per heavy atom. The number of aryl methyl sites for hydroxylation is 1. The SMILES string of the molecule is CSc1ncc(C(=O)N2CCN(C(=O)c3ccc(C)s3)CC2)n1-c1ccccc1. The van der Waals surface area contributed by atoms with E-state index in [1.54, 1.807) is 6.20 Å². The largest absolute Gasteiger partial charge is 0.334 e. The van der Waals surface area contributed by atoms with Gasteiger partial charge in [0.2, 0.25) is 0 Å². The molecule has 0 aliphatic carbocycles. The molecule has 8 heteroatoms. The number of carbonyl (C=O) groups is 2. The molecule has 0 radical (unpaired) electrons. The van der Waals surface area contributed by atoms with Crippen LogP contribution in [0.4, 0.5) is 0 Å². The third-order valence-corrected chi connectivity index (χ3v) is 6.59. The van der Waals surface area contributed by atoms with Crippen LogP contribution in [0.15, 0.2) is 53.8 Å². The van der Waals surface area contributed by atoms with Crippen molar-refractivity contribution >= 4 is 34.9 Å². The van der Waals surface area contributed by atoms with Crippen LogP contribution in [0, 0.1) is 6.92 Å². The second-order valence-electron chi connectivity index (χ2n) is 6.80. The van der Waals surface area contributed by atoms with Gasteiger partial charge in [0.25, 0.3) is 11.8 Å². The normalized spacial score (nSPS) is 14.3. The topological polar surface area (TPSA) is 58.4 Å². The van der Waals surface area contributed by atoms with E-state index in [9.17, 15) is 9.59 Å². The summed E-state index contributed by atoms with van der Waals surface area (Å²) in [5.41, 5.74) is 1.47. The number of thioether (sulfide) groups is 1. The van der Waals surface area contributed by atoms with Gasteiger partial charge >= 0.3 is 0 Å². The lowest BCUT2D eigenvalue weighted by atomic mass is 10.2. The Bertz CT molecular complexity index is 1020. The third kappa shape index (κ3) is 3.95. The van der Waals surface area contributed by atoms with E-state index >= 15 is 0 Å². The first-order valence-corrected chi connectivity index (χ1v) is 11.4. The number of nitrogens with zero attached hydrogens (tertiary/aromatic N) is 4. The molecule has 1 saturated heterocycles. The van der Waals surface area contributed by atoms with Crippen molar-refractivity contribution < 1.29 is 9.59 Å². The number of rotatable bonds is 4. The quantitative estimate of drug-likeness (QED) is 0.599. The van der Waals surface area contributed by atoms with E-state index in [2.05, 4.69) is 4.98 Å². The summed E-state index contributed by atoms with van der Waals surface area (Å²) in [6, 6.07) is 13.6. The van der Waals surface area contributed by atoms with Gasteiger partial charge in [0.1, 0.15) is 5.69 Å². The van der Waals surface area contributed by atoms with Crippen molar-refractivity contribution in [2.45, 2.75) is 12.1 Å². The summed E-state index contributed by atoms with van der Waals surface area (Å²) in [4.78, 5) is 35.8. The number of carbonyl (C=O) groups excluding carboxylic acids is 2. The Morgan fingerprint density at radius 1 is 0.966 bits per heavy atom. The molecular weight excluding hydrogens is 404 g/mol. The smallest absolute Gasteiger partial charge is 0.272 e. The zero-order valence-electron chi connectivity index (χ0n) is 16.4. The number of aromatic nitrogens is 2. The minimum absolute atomic E-state index is 0.0502. The summed E-state index contributed by atoms with van der Waals surface area (Å²) >= 11 is 3.02. The second-order valence-corrected chi connectivity index (χ2v) is 8.86. The van der Waals surface area contributed by atoms with Crippen molar-refractivity contribution in [3.05, 3.63) is 64.1 Å². The zero-order chi connectivity index (χ0) is 20.4. The predicted octanol–water partition coefficient (Wildman–Crippen LogP) is 3.56. The number of piperazine rings is 1. The zero-order valence-corrected chi connectivity index (χ0v) is 18.0. The van der Waals surface area contributed by atoms with Crippen LogP contribution in [0.3, 0.4) is 0 Å². The first kappa shape index (κ1) is 19.7. The molecule has 1 aromatic carbocycles. The molecule has 1 aliphatic rings. The van der Waals surface area contributed by atoms with E-state index in [-0.39, 0.29) is 11.8 Å². The lowest BCUT2D eigenvalue weighted by Gasteiger charge is -2.34. The Kier molecular flexibility index (Phi) is 5.73. The molecule has 0 saturated carbocycles. The maximum atomic E-state index is 13.2. The number of thiophene rings is 1. The van der Waals surface area contributed by atoms with Gasteiger partial charge in [0, 0.05) is 36.7 Å². The molecule has 0 spiro atoms. The van der Waals surface area contributed by atoms with Crippen molar-refractivity contribution in [3.8, 4) is 5.69 Å². The molecule has 3 heterocycles. The molecule has 0 bridgehead atoms. The van der Waals surface area contributed by atoms with Gasteiger partial charge in [-0.2, -0.15) is 0 Å². The number of para-hydroxylation sites is 1. The van der Waals surface area contributed by atoms with Gasteiger partial charge in [-0.15, -0.1) is 11.3 Å². The molecule has 29 heavy (non-hydrogen) atoms. The highest BCUT2D eigenvalue weighted by Crippen LogP contribution is 2.23. The van der Waals surface area contributed by atoms with E-state index in [0.717, 1.165) is 20.6 Å². The fraction of sp³-hybridized carbons (Fsp3) is 0.286. The van der Waals surface area contributed by atoms with Crippen molar-refractivity contribution in [1.82, 2.24) is 19.4 Å². The maximum absolute atomic E-state index is 13.2. The van der Waals surface area contributed by atoms with Gasteiger partial charge in [-0.3, -0.25) is 14.2 Å². The Morgan fingerprint density at radius 3 is 2.21 bits per heavy atom. The van der Waals surface area contributed by atoms with Crippen molar-refractivity contribution in [2.75, 3.05) is 32.4 Å². The number of hydrogen-bond acceptors (Lipinski definition) is 5. The number of imidazole rings is 1. The van der Waals surface area contributed by atoms with Gasteiger partial charge in [0.15, 0.2) is 5.16 Å². The van der Waals surface area contributed by atoms with Crippen LogP contribution in [0.5, 0.6) is 0 Å². The molecule has 0 N–H and O–H groups in total. The Hall–Kier alpha value is -2.58. The van der Waals surface area contributed by atoms with Crippen LogP contribution in [0.2, 0.25) is 0 Å². The van der Waals surface area contributed by atoms with Gasteiger partial charge in [-0.25, -0.2) is 4.98 Å². The van der Waals surface area contributed by atoms with Crippen molar-refractivity contribution in [1.29, 1.82) is 0 Å². The van der Waals surface area contributed by atoms with Crippen molar-refractivity contribution in [3.63, 3.8) is 0 Å². The molecule has 150 valence electrons. The number of benzene rings is 1. The lowest BCUT2D eigenvalue weighted by Crippen LogP contribution is -2.50. The van der Waals surface area contributed by atoms with Gasteiger partial charge in [-0.05, 0) is 37.4 Å². The lowest BCUT2D eigenvalue weighted by molar-refractivity contribution is 0.0533. The molecule has 2 aromatic heterocycles. The van der Waals surface area contributed by atoms with E-state index in [4.69, 9.17) is 0 Å².